The molecular formula is C14H27N5O. The first-order valence-corrected chi connectivity index (χ1v) is 6.95. The van der Waals surface area contributed by atoms with E-state index in [4.69, 9.17) is 0 Å². The maximum atomic E-state index is 10.3. The van der Waals surface area contributed by atoms with Crippen LogP contribution in [0.5, 0.6) is 0 Å². The van der Waals surface area contributed by atoms with Crippen LogP contribution >= 0.6 is 0 Å². The lowest BCUT2D eigenvalue weighted by Crippen LogP contribution is -2.43. The third kappa shape index (κ3) is 4.61. The highest BCUT2D eigenvalue weighted by atomic mass is 16.3. The molecule has 20 heavy (non-hydrogen) atoms. The molecule has 0 saturated carbocycles. The summed E-state index contributed by atoms with van der Waals surface area (Å²) in [6.45, 7) is 6.83. The molecule has 0 radical (unpaired) electrons. The average Bonchev–Trinajstić information content (AvgIpc) is 2.36. The van der Waals surface area contributed by atoms with E-state index < -0.39 is 5.60 Å². The third-order valence-electron chi connectivity index (χ3n) is 3.04. The number of anilines is 2. The van der Waals surface area contributed by atoms with Crippen LogP contribution in [0.4, 0.5) is 11.6 Å². The Bertz CT molecular complexity index is 445. The van der Waals surface area contributed by atoms with Crippen molar-refractivity contribution in [2.24, 2.45) is 0 Å². The Morgan fingerprint density at radius 2 is 1.85 bits per heavy atom. The molecule has 1 aromatic rings. The van der Waals surface area contributed by atoms with Crippen molar-refractivity contribution < 1.29 is 5.11 Å². The largest absolute Gasteiger partial charge is 0.387 e. The van der Waals surface area contributed by atoms with Crippen LogP contribution < -0.4 is 10.6 Å². The molecule has 0 saturated heterocycles. The van der Waals surface area contributed by atoms with Gasteiger partial charge in [0.2, 0.25) is 0 Å². The number of hydrogen-bond donors (Lipinski definition) is 3. The van der Waals surface area contributed by atoms with Crippen LogP contribution in [0.25, 0.3) is 0 Å². The van der Waals surface area contributed by atoms with Crippen molar-refractivity contribution >= 4 is 11.6 Å². The molecule has 0 amide bonds. The molecule has 1 atom stereocenters. The molecule has 6 nitrogen and oxygen atoms in total. The highest BCUT2D eigenvalue weighted by molar-refractivity contribution is 5.57. The summed E-state index contributed by atoms with van der Waals surface area (Å²) < 4.78 is 0. The van der Waals surface area contributed by atoms with Crippen molar-refractivity contribution in [1.82, 2.24) is 14.9 Å². The van der Waals surface area contributed by atoms with Gasteiger partial charge < -0.3 is 20.6 Å². The van der Waals surface area contributed by atoms with Gasteiger partial charge in [0, 0.05) is 32.1 Å². The lowest BCUT2D eigenvalue weighted by Gasteiger charge is -2.27. The van der Waals surface area contributed by atoms with Gasteiger partial charge in [0.1, 0.15) is 17.5 Å². The topological polar surface area (TPSA) is 73.3 Å². The minimum absolute atomic E-state index is 0.440. The van der Waals surface area contributed by atoms with E-state index in [1.54, 1.807) is 0 Å². The number of nitrogens with one attached hydrogen (secondary N) is 2. The Hall–Kier alpha value is -1.40. The molecule has 1 rings (SSSR count). The maximum Gasteiger partial charge on any atom is 0.134 e. The van der Waals surface area contributed by atoms with Gasteiger partial charge in [-0.3, -0.25) is 0 Å². The van der Waals surface area contributed by atoms with Crippen LogP contribution in [0.1, 0.15) is 25.2 Å². The van der Waals surface area contributed by atoms with Gasteiger partial charge in [-0.15, -0.1) is 0 Å². The second-order valence-corrected chi connectivity index (χ2v) is 5.65. The summed E-state index contributed by atoms with van der Waals surface area (Å²) in [5.74, 6) is 2.39. The normalized spacial score (nSPS) is 14.2. The van der Waals surface area contributed by atoms with Crippen LogP contribution in [0.3, 0.4) is 0 Å². The Kier molecular flexibility index (Phi) is 5.71. The van der Waals surface area contributed by atoms with E-state index in [0.717, 1.165) is 29.4 Å². The van der Waals surface area contributed by atoms with Gasteiger partial charge in [-0.05, 0) is 27.9 Å². The number of rotatable bonds is 7. The van der Waals surface area contributed by atoms with Gasteiger partial charge >= 0.3 is 0 Å². The molecular weight excluding hydrogens is 254 g/mol. The van der Waals surface area contributed by atoms with Gasteiger partial charge in [-0.2, -0.15) is 0 Å². The first-order chi connectivity index (χ1) is 9.29. The van der Waals surface area contributed by atoms with E-state index in [-0.39, 0.29) is 0 Å². The number of aromatic nitrogens is 2. The molecule has 1 aromatic heterocycles. The third-order valence-corrected chi connectivity index (χ3v) is 3.04. The van der Waals surface area contributed by atoms with Gasteiger partial charge in [-0.25, -0.2) is 9.97 Å². The first-order valence-electron chi connectivity index (χ1n) is 6.95. The van der Waals surface area contributed by atoms with Crippen molar-refractivity contribution in [2.75, 3.05) is 44.9 Å². The fourth-order valence-electron chi connectivity index (χ4n) is 2.15. The summed E-state index contributed by atoms with van der Waals surface area (Å²) in [4.78, 5) is 10.9. The summed E-state index contributed by atoms with van der Waals surface area (Å²) in [6.07, 6.45) is 0.776. The van der Waals surface area contributed by atoms with Gasteiger partial charge in [0.15, 0.2) is 0 Å². The number of hydrogen-bond acceptors (Lipinski definition) is 6. The molecule has 0 bridgehead atoms. The van der Waals surface area contributed by atoms with Crippen molar-refractivity contribution in [3.8, 4) is 0 Å². The molecule has 0 aliphatic carbocycles. The summed E-state index contributed by atoms with van der Waals surface area (Å²) >= 11 is 0. The number of aryl methyl sites for hydroxylation is 1. The van der Waals surface area contributed by atoms with E-state index in [0.29, 0.717) is 13.1 Å². The lowest BCUT2D eigenvalue weighted by molar-refractivity contribution is 0.0459. The molecule has 0 aliphatic heterocycles. The monoisotopic (exact) mass is 281 g/mol. The van der Waals surface area contributed by atoms with Gasteiger partial charge in [0.05, 0.1) is 5.60 Å². The smallest absolute Gasteiger partial charge is 0.134 e. The van der Waals surface area contributed by atoms with E-state index in [1.165, 1.54) is 0 Å². The Morgan fingerprint density at radius 3 is 2.35 bits per heavy atom. The Balaban J connectivity index is 2.86. The summed E-state index contributed by atoms with van der Waals surface area (Å²) in [6, 6.07) is 0. The maximum absolute atomic E-state index is 10.3. The van der Waals surface area contributed by atoms with E-state index in [2.05, 4.69) is 20.6 Å². The van der Waals surface area contributed by atoms with E-state index >= 15 is 0 Å². The first kappa shape index (κ1) is 16.7. The number of likely N-dealkylation sites (N-methyl/N-ethyl adjacent to an activating group) is 1. The molecule has 1 heterocycles. The summed E-state index contributed by atoms with van der Waals surface area (Å²) in [5.41, 5.74) is 0.151. The zero-order valence-corrected chi connectivity index (χ0v) is 13.4. The summed E-state index contributed by atoms with van der Waals surface area (Å²) in [7, 11) is 5.73. The van der Waals surface area contributed by atoms with Crippen molar-refractivity contribution in [2.45, 2.75) is 32.8 Å². The molecule has 0 aromatic carbocycles. The van der Waals surface area contributed by atoms with Gasteiger partial charge in [0.25, 0.3) is 0 Å². The molecule has 6 heteroatoms. The highest BCUT2D eigenvalue weighted by Crippen LogP contribution is 2.20. The molecule has 0 spiro atoms. The van der Waals surface area contributed by atoms with Crippen LogP contribution in [0.2, 0.25) is 0 Å². The fraction of sp³-hybridized carbons (Fsp3) is 0.714. The molecule has 0 fully saturated rings. The van der Waals surface area contributed by atoms with Crippen LogP contribution in [-0.4, -0.2) is 59.8 Å². The van der Waals surface area contributed by atoms with Gasteiger partial charge in [-0.1, -0.05) is 6.92 Å². The van der Waals surface area contributed by atoms with Crippen LogP contribution in [0.15, 0.2) is 0 Å². The zero-order valence-electron chi connectivity index (χ0n) is 13.4. The van der Waals surface area contributed by atoms with Crippen LogP contribution in [-0.2, 0) is 6.42 Å². The zero-order chi connectivity index (χ0) is 15.3. The van der Waals surface area contributed by atoms with Crippen molar-refractivity contribution in [3.05, 3.63) is 11.4 Å². The Morgan fingerprint density at radius 1 is 1.25 bits per heavy atom. The van der Waals surface area contributed by atoms with Crippen molar-refractivity contribution in [1.29, 1.82) is 0 Å². The highest BCUT2D eigenvalue weighted by Gasteiger charge is 2.22. The van der Waals surface area contributed by atoms with E-state index in [9.17, 15) is 5.11 Å². The minimum atomic E-state index is -0.812. The average molecular weight is 281 g/mol. The van der Waals surface area contributed by atoms with Crippen molar-refractivity contribution in [3.63, 3.8) is 0 Å². The second-order valence-electron chi connectivity index (χ2n) is 5.65. The summed E-state index contributed by atoms with van der Waals surface area (Å²) in [5, 5.41) is 16.6. The van der Waals surface area contributed by atoms with Crippen LogP contribution in [0, 0.1) is 6.92 Å². The molecule has 0 aliphatic rings. The predicted molar refractivity (Wildman–Crippen MR) is 83.4 cm³/mol. The lowest BCUT2D eigenvalue weighted by atomic mass is 10.1. The van der Waals surface area contributed by atoms with E-state index in [1.807, 2.05) is 46.8 Å². The fourth-order valence-corrected chi connectivity index (χ4v) is 2.15. The quantitative estimate of drug-likeness (QED) is 0.695. The minimum Gasteiger partial charge on any atom is -0.387 e. The standard InChI is InChI=1S/C14H27N5O/c1-7-11-17-12(15-4)10(2)13(18-11)16-8-14(3,20)9-19(5)6/h20H,7-9H2,1-6H3,(H2,15,16,17,18). The number of nitrogens with zero attached hydrogens (tertiary/aromatic N) is 3. The Labute approximate surface area is 121 Å². The second kappa shape index (κ2) is 6.85. The number of aliphatic hydroxyl groups is 1. The molecule has 1 unspecified atom stereocenters. The molecule has 3 N–H and O–H groups in total. The SMILES string of the molecule is CCc1nc(NC)c(C)c(NCC(C)(O)CN(C)C)n1. The molecule has 114 valence electrons. The predicted octanol–water partition coefficient (Wildman–Crippen LogP) is 1.11.